The van der Waals surface area contributed by atoms with Crippen LogP contribution in [0.3, 0.4) is 0 Å². The van der Waals surface area contributed by atoms with Crippen LogP contribution in [0.4, 0.5) is 5.69 Å². The van der Waals surface area contributed by atoms with Crippen LogP contribution in [0.1, 0.15) is 16.2 Å². The summed E-state index contributed by atoms with van der Waals surface area (Å²) >= 11 is 5.82. The van der Waals surface area contributed by atoms with Crippen LogP contribution in [0.5, 0.6) is 0 Å². The van der Waals surface area contributed by atoms with E-state index in [4.69, 9.17) is 11.6 Å². The lowest BCUT2D eigenvalue weighted by Gasteiger charge is -2.12. The molecule has 0 radical (unpaired) electrons. The Balaban J connectivity index is 0.00000280. The average Bonchev–Trinajstić information content (AvgIpc) is 3.16. The summed E-state index contributed by atoms with van der Waals surface area (Å²) in [4.78, 5) is 19.3. The van der Waals surface area contributed by atoms with E-state index in [1.807, 2.05) is 0 Å². The number of carbonyl (C=O) groups is 1. The molecule has 0 aliphatic carbocycles. The third-order valence-electron chi connectivity index (χ3n) is 3.74. The summed E-state index contributed by atoms with van der Waals surface area (Å²) in [6.07, 6.45) is 3.70. The molecule has 0 spiro atoms. The summed E-state index contributed by atoms with van der Waals surface area (Å²) in [5.74, 6) is 0.256. The van der Waals surface area contributed by atoms with Gasteiger partial charge in [0.1, 0.15) is 10.7 Å². The summed E-state index contributed by atoms with van der Waals surface area (Å²) < 4.78 is 27.8. The molecule has 0 unspecified atom stereocenters. The predicted octanol–water partition coefficient (Wildman–Crippen LogP) is 3.26. The first-order valence-electron chi connectivity index (χ1n) is 8.09. The van der Waals surface area contributed by atoms with E-state index < -0.39 is 15.9 Å². The van der Waals surface area contributed by atoms with Gasteiger partial charge in [0.15, 0.2) is 0 Å². The zero-order valence-electron chi connectivity index (χ0n) is 14.6. The number of anilines is 1. The van der Waals surface area contributed by atoms with E-state index >= 15 is 0 Å². The Kier molecular flexibility index (Phi) is 7.59. The Hall–Kier alpha value is -2.39. The van der Waals surface area contributed by atoms with Gasteiger partial charge in [-0.05, 0) is 36.4 Å². The van der Waals surface area contributed by atoms with Crippen molar-refractivity contribution in [1.82, 2.24) is 14.7 Å². The fourth-order valence-corrected chi connectivity index (χ4v) is 3.73. The number of H-pyrrole nitrogens is 1. The zero-order valence-corrected chi connectivity index (χ0v) is 16.9. The first-order chi connectivity index (χ1) is 13.0. The molecule has 0 atom stereocenters. The molecule has 10 heteroatoms. The number of halogens is 2. The van der Waals surface area contributed by atoms with Crippen molar-refractivity contribution >= 4 is 45.6 Å². The van der Waals surface area contributed by atoms with Gasteiger partial charge in [-0.3, -0.25) is 4.79 Å². The molecular weight excluding hydrogens is 423 g/mol. The fourth-order valence-electron chi connectivity index (χ4n) is 2.42. The Bertz CT molecular complexity index is 1020. The number of nitrogens with one attached hydrogen (secondary N) is 3. The van der Waals surface area contributed by atoms with Crippen LogP contribution in [0.25, 0.3) is 0 Å². The second-order valence-corrected chi connectivity index (χ2v) is 7.81. The number of hydrogen-bond acceptors (Lipinski definition) is 4. The molecule has 7 nitrogen and oxygen atoms in total. The molecule has 28 heavy (non-hydrogen) atoms. The molecule has 3 rings (SSSR count). The van der Waals surface area contributed by atoms with Crippen molar-refractivity contribution in [3.63, 3.8) is 0 Å². The van der Waals surface area contributed by atoms with Crippen molar-refractivity contribution in [3.05, 3.63) is 77.3 Å². The number of imidazole rings is 1. The van der Waals surface area contributed by atoms with Crippen LogP contribution in [-0.4, -0.2) is 30.8 Å². The second kappa shape index (κ2) is 9.70. The normalized spacial score (nSPS) is 10.9. The van der Waals surface area contributed by atoms with Crippen LogP contribution in [-0.2, 0) is 16.4 Å². The van der Waals surface area contributed by atoms with Crippen molar-refractivity contribution < 1.29 is 13.2 Å². The van der Waals surface area contributed by atoms with Gasteiger partial charge in [-0.25, -0.2) is 18.1 Å². The monoisotopic (exact) mass is 440 g/mol. The summed E-state index contributed by atoms with van der Waals surface area (Å²) in [6.45, 7) is 0.176. The molecule has 1 amide bonds. The van der Waals surface area contributed by atoms with E-state index in [0.29, 0.717) is 22.8 Å². The fraction of sp³-hybridized carbons (Fsp3) is 0.111. The highest BCUT2D eigenvalue weighted by Gasteiger charge is 2.19. The van der Waals surface area contributed by atoms with Gasteiger partial charge in [0, 0.05) is 35.9 Å². The van der Waals surface area contributed by atoms with Gasteiger partial charge < -0.3 is 10.3 Å². The maximum Gasteiger partial charge on any atom is 0.255 e. The molecule has 1 aromatic heterocycles. The highest BCUT2D eigenvalue weighted by Crippen LogP contribution is 2.21. The molecule has 148 valence electrons. The van der Waals surface area contributed by atoms with Crippen molar-refractivity contribution in [2.75, 3.05) is 11.9 Å². The van der Waals surface area contributed by atoms with Gasteiger partial charge in [0.25, 0.3) is 5.91 Å². The number of amides is 1. The number of benzene rings is 2. The molecule has 0 fully saturated rings. The van der Waals surface area contributed by atoms with E-state index in [-0.39, 0.29) is 29.5 Å². The highest BCUT2D eigenvalue weighted by atomic mass is 35.5. The molecule has 0 bridgehead atoms. The number of aromatic nitrogens is 2. The lowest BCUT2D eigenvalue weighted by Crippen LogP contribution is -2.27. The third kappa shape index (κ3) is 5.56. The van der Waals surface area contributed by atoms with Crippen molar-refractivity contribution in [2.24, 2.45) is 0 Å². The molecular formula is C18H18Cl2N4O3S. The molecule has 3 aromatic rings. The van der Waals surface area contributed by atoms with Gasteiger partial charge in [0.2, 0.25) is 10.0 Å². The highest BCUT2D eigenvalue weighted by molar-refractivity contribution is 7.89. The Morgan fingerprint density at radius 2 is 1.82 bits per heavy atom. The first kappa shape index (κ1) is 21.9. The van der Waals surface area contributed by atoms with Gasteiger partial charge in [-0.1, -0.05) is 23.7 Å². The summed E-state index contributed by atoms with van der Waals surface area (Å²) in [6, 6.07) is 12.5. The van der Waals surface area contributed by atoms with Gasteiger partial charge in [-0.2, -0.15) is 0 Å². The molecule has 1 heterocycles. The van der Waals surface area contributed by atoms with E-state index in [1.54, 1.807) is 48.8 Å². The molecule has 2 aromatic carbocycles. The van der Waals surface area contributed by atoms with Gasteiger partial charge >= 0.3 is 0 Å². The van der Waals surface area contributed by atoms with Crippen LogP contribution < -0.4 is 10.0 Å². The number of hydrogen-bond donors (Lipinski definition) is 3. The summed E-state index contributed by atoms with van der Waals surface area (Å²) in [7, 11) is -3.81. The van der Waals surface area contributed by atoms with E-state index in [0.717, 1.165) is 0 Å². The Morgan fingerprint density at radius 1 is 1.11 bits per heavy atom. The largest absolute Gasteiger partial charge is 0.349 e. The Morgan fingerprint density at radius 3 is 2.50 bits per heavy atom. The standard InChI is InChI=1S/C18H17ClN4O3S.ClH/c19-14-7-5-13(6-8-14)18(24)23-15-3-1-2-4-16(15)27(25,26)22-10-9-17-20-11-12-21-17;/h1-8,11-12,22H,9-10H2,(H,20,21)(H,23,24);1H. The molecule has 0 saturated heterocycles. The van der Waals surface area contributed by atoms with E-state index in [2.05, 4.69) is 20.0 Å². The lowest BCUT2D eigenvalue weighted by molar-refractivity contribution is 0.102. The smallest absolute Gasteiger partial charge is 0.255 e. The molecule has 0 aliphatic rings. The first-order valence-corrected chi connectivity index (χ1v) is 9.96. The topological polar surface area (TPSA) is 104 Å². The average molecular weight is 441 g/mol. The van der Waals surface area contributed by atoms with E-state index in [1.165, 1.54) is 12.1 Å². The van der Waals surface area contributed by atoms with Gasteiger partial charge in [-0.15, -0.1) is 12.4 Å². The van der Waals surface area contributed by atoms with Crippen LogP contribution in [0, 0.1) is 0 Å². The molecule has 0 aliphatic heterocycles. The number of carbonyl (C=O) groups excluding carboxylic acids is 1. The minimum absolute atomic E-state index is 0. The quantitative estimate of drug-likeness (QED) is 0.524. The summed E-state index contributed by atoms with van der Waals surface area (Å²) in [5, 5.41) is 3.15. The number of para-hydroxylation sites is 1. The van der Waals surface area contributed by atoms with Crippen molar-refractivity contribution in [3.8, 4) is 0 Å². The van der Waals surface area contributed by atoms with Gasteiger partial charge in [0.05, 0.1) is 5.69 Å². The number of sulfonamides is 1. The molecule has 0 saturated carbocycles. The van der Waals surface area contributed by atoms with Crippen molar-refractivity contribution in [2.45, 2.75) is 11.3 Å². The SMILES string of the molecule is Cl.O=C(Nc1ccccc1S(=O)(=O)NCCc1ncc[nH]1)c1ccc(Cl)cc1. The molecule has 3 N–H and O–H groups in total. The predicted molar refractivity (Wildman–Crippen MR) is 111 cm³/mol. The number of aromatic amines is 1. The van der Waals surface area contributed by atoms with Crippen LogP contribution in [0.15, 0.2) is 65.8 Å². The number of rotatable bonds is 7. The lowest BCUT2D eigenvalue weighted by atomic mass is 10.2. The maximum absolute atomic E-state index is 12.6. The van der Waals surface area contributed by atoms with E-state index in [9.17, 15) is 13.2 Å². The Labute approximate surface area is 174 Å². The minimum Gasteiger partial charge on any atom is -0.349 e. The maximum atomic E-state index is 12.6. The summed E-state index contributed by atoms with van der Waals surface area (Å²) in [5.41, 5.74) is 0.570. The van der Waals surface area contributed by atoms with Crippen molar-refractivity contribution in [1.29, 1.82) is 0 Å². The van der Waals surface area contributed by atoms with Crippen LogP contribution >= 0.6 is 24.0 Å². The number of nitrogens with zero attached hydrogens (tertiary/aromatic N) is 1. The second-order valence-electron chi connectivity index (χ2n) is 5.64. The minimum atomic E-state index is -3.81. The van der Waals surface area contributed by atoms with Crippen LogP contribution in [0.2, 0.25) is 5.02 Å². The third-order valence-corrected chi connectivity index (χ3v) is 5.51. The zero-order chi connectivity index (χ0) is 19.3.